The average Bonchev–Trinajstić information content (AvgIpc) is 1.93. The van der Waals surface area contributed by atoms with Gasteiger partial charge in [0.2, 0.25) is 0 Å². The molecule has 0 fully saturated rings. The van der Waals surface area contributed by atoms with Gasteiger partial charge in [0, 0.05) is 0 Å². The van der Waals surface area contributed by atoms with Crippen molar-refractivity contribution in [3.63, 3.8) is 0 Å². The van der Waals surface area contributed by atoms with Gasteiger partial charge >= 0.3 is 51.4 Å². The molecule has 0 atom stereocenters. The second-order valence-electron chi connectivity index (χ2n) is 2.63. The van der Waals surface area contributed by atoms with E-state index in [0.717, 1.165) is 5.17 Å². The zero-order valence-electron chi connectivity index (χ0n) is 7.56. The summed E-state index contributed by atoms with van der Waals surface area (Å²) in [5, 5.41) is 1.06. The fourth-order valence-corrected chi connectivity index (χ4v) is 2.15. The zero-order valence-corrected chi connectivity index (χ0v) is 11.7. The maximum Gasteiger partial charge on any atom is 1.00 e. The molecule has 0 amide bonds. The summed E-state index contributed by atoms with van der Waals surface area (Å²) in [4.78, 5) is 11.2. The van der Waals surface area contributed by atoms with Crippen LogP contribution in [-0.4, -0.2) is 8.64 Å². The molecule has 11 heavy (non-hydrogen) atoms. The van der Waals surface area contributed by atoms with Crippen LogP contribution in [0.2, 0.25) is 0 Å². The molecule has 1 aromatic heterocycles. The first-order valence-electron chi connectivity index (χ1n) is 3.36. The van der Waals surface area contributed by atoms with Crippen LogP contribution in [0.3, 0.4) is 0 Å². The quantitative estimate of drug-likeness (QED) is 0.425. The second-order valence-corrected chi connectivity index (χ2v) is 4.44. The minimum Gasteiger partial charge on any atom is -0.886 e. The molecule has 0 saturated heterocycles. The number of hydrogen-bond acceptors (Lipinski definition) is 1. The van der Waals surface area contributed by atoms with Gasteiger partial charge in [-0.15, -0.1) is 0 Å². The van der Waals surface area contributed by atoms with Crippen molar-refractivity contribution < 1.29 is 56.2 Å². The van der Waals surface area contributed by atoms with Crippen LogP contribution in [0, 0.1) is 20.8 Å². The molecule has 0 radical (unpaired) electrons. The van der Waals surface area contributed by atoms with Gasteiger partial charge in [0.1, 0.15) is 0 Å². The van der Waals surface area contributed by atoms with E-state index in [2.05, 4.69) is 0 Å². The van der Waals surface area contributed by atoms with Crippen molar-refractivity contribution in [3.8, 4) is 0 Å². The van der Waals surface area contributed by atoms with Gasteiger partial charge in [-0.25, -0.2) is 0 Å². The molecule has 1 aromatic rings. The Hall–Kier alpha value is 1.00. The van der Waals surface area contributed by atoms with Crippen molar-refractivity contribution in [2.24, 2.45) is 0 Å². The maximum atomic E-state index is 11.2. The van der Waals surface area contributed by atoms with Gasteiger partial charge in [-0.2, -0.15) is 0 Å². The van der Waals surface area contributed by atoms with Gasteiger partial charge in [0.15, 0.2) is 0 Å². The van der Waals surface area contributed by atoms with E-state index in [1.54, 1.807) is 0 Å². The van der Waals surface area contributed by atoms with Crippen LogP contribution in [0.25, 0.3) is 0 Å². The summed E-state index contributed by atoms with van der Waals surface area (Å²) in [6.45, 7) is 6.02. The third-order valence-electron chi connectivity index (χ3n) is 2.01. The van der Waals surface area contributed by atoms with Crippen LogP contribution in [0.4, 0.5) is 0 Å². The Morgan fingerprint density at radius 1 is 1.27 bits per heavy atom. The van der Waals surface area contributed by atoms with Gasteiger partial charge < -0.3 is 4.80 Å². The van der Waals surface area contributed by atoms with Crippen molar-refractivity contribution in [2.45, 2.75) is 20.8 Å². The van der Waals surface area contributed by atoms with Crippen LogP contribution < -0.4 is 56.2 Å². The first kappa shape index (κ1) is 12.0. The molecule has 0 N–H and O–H groups in total. The molecule has 0 aliphatic heterocycles. The van der Waals surface area contributed by atoms with Crippen molar-refractivity contribution in [2.75, 3.05) is 0 Å². The standard InChI is InChI=1S/C8H11OSi.K/c1-6-4-5-10(9)8(3)7(6)2;/h4-5H,1-3H3;/q-1;+1. The minimum atomic E-state index is -1.52. The van der Waals surface area contributed by atoms with Crippen molar-refractivity contribution >= 4 is 8.64 Å². The Bertz CT molecular complexity index is 234. The first-order valence-corrected chi connectivity index (χ1v) is 4.85. The Kier molecular flexibility index (Phi) is 5.34. The Morgan fingerprint density at radius 3 is 2.27 bits per heavy atom. The van der Waals surface area contributed by atoms with Gasteiger partial charge in [-0.1, -0.05) is 22.5 Å². The van der Waals surface area contributed by atoms with E-state index in [0.29, 0.717) is 0 Å². The van der Waals surface area contributed by atoms with E-state index < -0.39 is 8.64 Å². The third kappa shape index (κ3) is 2.75. The number of hydrogen-bond donors (Lipinski definition) is 0. The topological polar surface area (TPSA) is 23.1 Å². The molecule has 0 spiro atoms. The third-order valence-corrected chi connectivity index (χ3v) is 3.59. The molecule has 0 saturated carbocycles. The van der Waals surface area contributed by atoms with Gasteiger partial charge in [-0.05, 0) is 35.0 Å². The molecular formula is C8H11KOSi. The summed E-state index contributed by atoms with van der Waals surface area (Å²) in [7, 11) is -1.52. The first-order chi connectivity index (χ1) is 4.63. The van der Waals surface area contributed by atoms with Gasteiger partial charge in [-0.3, -0.25) is 0 Å². The molecule has 1 rings (SSSR count). The van der Waals surface area contributed by atoms with Crippen molar-refractivity contribution in [1.82, 2.24) is 0 Å². The van der Waals surface area contributed by atoms with Gasteiger partial charge in [0.25, 0.3) is 0 Å². The predicted octanol–water partition coefficient (Wildman–Crippen LogP) is -2.24. The number of rotatable bonds is 0. The predicted molar refractivity (Wildman–Crippen MR) is 42.0 cm³/mol. The van der Waals surface area contributed by atoms with E-state index in [1.165, 1.54) is 11.1 Å². The van der Waals surface area contributed by atoms with Crippen LogP contribution >= 0.6 is 0 Å². The zero-order chi connectivity index (χ0) is 7.72. The van der Waals surface area contributed by atoms with E-state index in [9.17, 15) is 4.80 Å². The summed E-state index contributed by atoms with van der Waals surface area (Å²) in [6, 6.07) is 1.95. The summed E-state index contributed by atoms with van der Waals surface area (Å²) < 4.78 is 0. The van der Waals surface area contributed by atoms with Gasteiger partial charge in [0.05, 0.1) is 0 Å². The van der Waals surface area contributed by atoms with E-state index >= 15 is 0 Å². The summed E-state index contributed by atoms with van der Waals surface area (Å²) >= 11 is 0. The number of aryl methyl sites for hydroxylation is 1. The fourth-order valence-electron chi connectivity index (χ4n) is 0.931. The molecule has 1 nitrogen and oxygen atoms in total. The summed E-state index contributed by atoms with van der Waals surface area (Å²) in [6.07, 6.45) is 0. The van der Waals surface area contributed by atoms with Crippen LogP contribution in [0.5, 0.6) is 0 Å². The minimum absolute atomic E-state index is 0. The largest absolute Gasteiger partial charge is 1.00 e. The smallest absolute Gasteiger partial charge is 0.886 e. The van der Waals surface area contributed by atoms with Crippen molar-refractivity contribution in [3.05, 3.63) is 28.0 Å². The van der Waals surface area contributed by atoms with E-state index in [-0.39, 0.29) is 51.4 Å². The summed E-state index contributed by atoms with van der Waals surface area (Å²) in [5.74, 6) is 0. The van der Waals surface area contributed by atoms with Crippen LogP contribution in [-0.2, 0) is 0 Å². The van der Waals surface area contributed by atoms with E-state index in [4.69, 9.17) is 0 Å². The van der Waals surface area contributed by atoms with Crippen LogP contribution in [0.1, 0.15) is 16.3 Å². The van der Waals surface area contributed by atoms with E-state index in [1.807, 2.05) is 32.5 Å². The molecule has 0 aliphatic carbocycles. The molecule has 0 unspecified atom stereocenters. The molecule has 1 heterocycles. The molecule has 0 aliphatic rings. The summed E-state index contributed by atoms with van der Waals surface area (Å²) in [5.41, 5.74) is 4.25. The second kappa shape index (κ2) is 4.89. The molecule has 0 bridgehead atoms. The Balaban J connectivity index is 0.000001000. The maximum absolute atomic E-state index is 11.2. The molecule has 0 aromatic carbocycles. The normalized spacial score (nSPS) is 9.00. The Morgan fingerprint density at radius 2 is 1.82 bits per heavy atom. The molecule has 3 heteroatoms. The SMILES string of the molecule is Cc1cc[si]([O-])c(C)c1C.[K+]. The Labute approximate surface area is 112 Å². The fraction of sp³-hybridized carbons (Fsp3) is 0.375. The van der Waals surface area contributed by atoms with Crippen LogP contribution in [0.15, 0.2) is 11.7 Å². The van der Waals surface area contributed by atoms with Crippen molar-refractivity contribution in [1.29, 1.82) is 0 Å². The monoisotopic (exact) mass is 190 g/mol. The molecular weight excluding hydrogens is 179 g/mol. The average molecular weight is 190 g/mol. The molecule has 54 valence electrons.